The molecule has 3 aromatic rings. The average Bonchev–Trinajstić information content (AvgIpc) is 3.15. The summed E-state index contributed by atoms with van der Waals surface area (Å²) in [5.74, 6) is 1.03. The van der Waals surface area contributed by atoms with Crippen molar-refractivity contribution in [3.05, 3.63) is 53.7 Å². The Hall–Kier alpha value is -2.49. The van der Waals surface area contributed by atoms with E-state index in [2.05, 4.69) is 46.7 Å². The molecule has 0 fully saturated rings. The number of nitrogens with zero attached hydrogens (tertiary/aromatic N) is 1. The molecule has 2 aromatic carbocycles. The zero-order valence-corrected chi connectivity index (χ0v) is 11.9. The number of anilines is 1. The van der Waals surface area contributed by atoms with Crippen LogP contribution in [0.1, 0.15) is 24.1 Å². The van der Waals surface area contributed by atoms with Crippen molar-refractivity contribution in [2.75, 3.05) is 11.9 Å². The first kappa shape index (κ1) is 12.3. The molecule has 1 unspecified atom stereocenters. The summed E-state index contributed by atoms with van der Waals surface area (Å²) in [6, 6.07) is 12.8. The summed E-state index contributed by atoms with van der Waals surface area (Å²) in [6.45, 7) is 2.98. The summed E-state index contributed by atoms with van der Waals surface area (Å²) in [7, 11) is 0. The predicted molar refractivity (Wildman–Crippen MR) is 83.8 cm³/mol. The molecule has 1 atom stereocenters. The maximum atomic E-state index is 5.57. The van der Waals surface area contributed by atoms with Crippen LogP contribution < -0.4 is 10.1 Å². The molecule has 0 saturated heterocycles. The van der Waals surface area contributed by atoms with Crippen LogP contribution in [0.2, 0.25) is 0 Å². The van der Waals surface area contributed by atoms with Crippen molar-refractivity contribution < 1.29 is 4.74 Å². The van der Waals surface area contributed by atoms with Crippen LogP contribution in [-0.4, -0.2) is 16.8 Å². The Morgan fingerprint density at radius 2 is 2.24 bits per heavy atom. The van der Waals surface area contributed by atoms with Crippen molar-refractivity contribution in [3.63, 3.8) is 0 Å². The van der Waals surface area contributed by atoms with Crippen molar-refractivity contribution >= 4 is 16.6 Å². The minimum Gasteiger partial charge on any atom is -0.493 e. The summed E-state index contributed by atoms with van der Waals surface area (Å²) >= 11 is 0. The lowest BCUT2D eigenvalue weighted by Gasteiger charge is -2.17. The molecule has 4 nitrogen and oxygen atoms in total. The fraction of sp³-hybridized carbons (Fsp3) is 0.235. The van der Waals surface area contributed by atoms with E-state index in [4.69, 9.17) is 4.74 Å². The second kappa shape index (κ2) is 4.81. The van der Waals surface area contributed by atoms with Crippen molar-refractivity contribution in [3.8, 4) is 5.75 Å². The Bertz CT molecular complexity index is 794. The Morgan fingerprint density at radius 3 is 3.19 bits per heavy atom. The molecule has 2 heterocycles. The highest BCUT2D eigenvalue weighted by molar-refractivity contribution is 5.90. The zero-order chi connectivity index (χ0) is 14.2. The molecule has 4 heteroatoms. The monoisotopic (exact) mass is 279 g/mol. The SMILES string of the molecule is CC(Nc1cccc2[nH]ncc12)c1ccc2c(c1)CCO2. The molecule has 0 spiro atoms. The van der Waals surface area contributed by atoms with Gasteiger partial charge in [0.2, 0.25) is 0 Å². The summed E-state index contributed by atoms with van der Waals surface area (Å²) < 4.78 is 5.57. The summed E-state index contributed by atoms with van der Waals surface area (Å²) in [6.07, 6.45) is 2.87. The van der Waals surface area contributed by atoms with Crippen LogP contribution in [0.3, 0.4) is 0 Å². The number of nitrogens with one attached hydrogen (secondary N) is 2. The highest BCUT2D eigenvalue weighted by Crippen LogP contribution is 2.30. The van der Waals surface area contributed by atoms with Gasteiger partial charge in [0.05, 0.1) is 18.3 Å². The molecular formula is C17H17N3O. The molecule has 0 bridgehead atoms. The lowest BCUT2D eigenvalue weighted by atomic mass is 10.0. The highest BCUT2D eigenvalue weighted by Gasteiger charge is 2.15. The number of hydrogen-bond acceptors (Lipinski definition) is 3. The van der Waals surface area contributed by atoms with E-state index in [-0.39, 0.29) is 6.04 Å². The van der Waals surface area contributed by atoms with Gasteiger partial charge in [0.1, 0.15) is 5.75 Å². The van der Waals surface area contributed by atoms with Crippen LogP contribution in [0.25, 0.3) is 10.9 Å². The van der Waals surface area contributed by atoms with Gasteiger partial charge in [0, 0.05) is 23.5 Å². The quantitative estimate of drug-likeness (QED) is 0.769. The van der Waals surface area contributed by atoms with Crippen molar-refractivity contribution in [2.24, 2.45) is 0 Å². The number of hydrogen-bond donors (Lipinski definition) is 2. The first-order chi connectivity index (χ1) is 10.3. The Labute approximate surface area is 123 Å². The van der Waals surface area contributed by atoms with Crippen molar-refractivity contribution in [1.82, 2.24) is 10.2 Å². The standard InChI is InChI=1S/C17H17N3O/c1-11(12-5-6-17-13(9-12)7-8-21-17)19-15-3-2-4-16-14(15)10-18-20-16/h2-6,9-11,19H,7-8H2,1H3,(H,18,20). The van der Waals surface area contributed by atoms with Crippen LogP contribution in [0, 0.1) is 0 Å². The molecule has 0 radical (unpaired) electrons. The number of H-pyrrole nitrogens is 1. The minimum atomic E-state index is 0.233. The minimum absolute atomic E-state index is 0.233. The molecule has 1 aromatic heterocycles. The largest absolute Gasteiger partial charge is 0.493 e. The van der Waals surface area contributed by atoms with E-state index in [0.29, 0.717) is 0 Å². The highest BCUT2D eigenvalue weighted by atomic mass is 16.5. The molecule has 0 saturated carbocycles. The van der Waals surface area contributed by atoms with Crippen LogP contribution >= 0.6 is 0 Å². The summed E-state index contributed by atoms with van der Waals surface area (Å²) in [5, 5.41) is 11.8. The Kier molecular flexibility index (Phi) is 2.81. The zero-order valence-electron chi connectivity index (χ0n) is 11.9. The normalized spacial score (nSPS) is 14.7. The third-order valence-electron chi connectivity index (χ3n) is 4.07. The van der Waals surface area contributed by atoms with E-state index in [9.17, 15) is 0 Å². The first-order valence-electron chi connectivity index (χ1n) is 7.25. The molecular weight excluding hydrogens is 262 g/mol. The van der Waals surface area contributed by atoms with Crippen LogP contribution in [0.4, 0.5) is 5.69 Å². The maximum absolute atomic E-state index is 5.57. The van der Waals surface area contributed by atoms with E-state index < -0.39 is 0 Å². The second-order valence-corrected chi connectivity index (χ2v) is 5.47. The number of ether oxygens (including phenoxy) is 1. The lowest BCUT2D eigenvalue weighted by molar-refractivity contribution is 0.357. The summed E-state index contributed by atoms with van der Waals surface area (Å²) in [4.78, 5) is 0. The van der Waals surface area contributed by atoms with E-state index in [1.54, 1.807) is 0 Å². The molecule has 4 rings (SSSR count). The van der Waals surface area contributed by atoms with E-state index in [1.165, 1.54) is 11.1 Å². The van der Waals surface area contributed by atoms with E-state index in [1.807, 2.05) is 18.3 Å². The van der Waals surface area contributed by atoms with Crippen molar-refractivity contribution in [1.29, 1.82) is 0 Å². The van der Waals surface area contributed by atoms with Gasteiger partial charge < -0.3 is 10.1 Å². The van der Waals surface area contributed by atoms with Gasteiger partial charge in [-0.15, -0.1) is 0 Å². The first-order valence-corrected chi connectivity index (χ1v) is 7.25. The van der Waals surface area contributed by atoms with Gasteiger partial charge in [0.25, 0.3) is 0 Å². The molecule has 1 aliphatic rings. The smallest absolute Gasteiger partial charge is 0.122 e. The fourth-order valence-corrected chi connectivity index (χ4v) is 2.89. The molecule has 0 amide bonds. The van der Waals surface area contributed by atoms with Gasteiger partial charge in [-0.05, 0) is 42.3 Å². The van der Waals surface area contributed by atoms with Gasteiger partial charge >= 0.3 is 0 Å². The van der Waals surface area contributed by atoms with Gasteiger partial charge in [-0.25, -0.2) is 0 Å². The lowest BCUT2D eigenvalue weighted by Crippen LogP contribution is -2.07. The number of fused-ring (bicyclic) bond motifs is 2. The molecule has 106 valence electrons. The van der Waals surface area contributed by atoms with E-state index in [0.717, 1.165) is 35.4 Å². The Morgan fingerprint density at radius 1 is 1.29 bits per heavy atom. The van der Waals surface area contributed by atoms with Crippen LogP contribution in [0.15, 0.2) is 42.6 Å². The van der Waals surface area contributed by atoms with Gasteiger partial charge in [-0.1, -0.05) is 12.1 Å². The molecule has 21 heavy (non-hydrogen) atoms. The fourth-order valence-electron chi connectivity index (χ4n) is 2.89. The topological polar surface area (TPSA) is 49.9 Å². The third kappa shape index (κ3) is 2.13. The predicted octanol–water partition coefficient (Wildman–Crippen LogP) is 3.67. The number of aromatic nitrogens is 2. The number of benzene rings is 2. The van der Waals surface area contributed by atoms with Crippen LogP contribution in [0.5, 0.6) is 5.75 Å². The third-order valence-corrected chi connectivity index (χ3v) is 4.07. The second-order valence-electron chi connectivity index (χ2n) is 5.47. The number of rotatable bonds is 3. The summed E-state index contributed by atoms with van der Waals surface area (Å²) in [5.41, 5.74) is 4.74. The van der Waals surface area contributed by atoms with Crippen LogP contribution in [-0.2, 0) is 6.42 Å². The number of aromatic amines is 1. The van der Waals surface area contributed by atoms with Gasteiger partial charge in [0.15, 0.2) is 0 Å². The Balaban J connectivity index is 1.63. The maximum Gasteiger partial charge on any atom is 0.122 e. The molecule has 2 N–H and O–H groups in total. The van der Waals surface area contributed by atoms with Gasteiger partial charge in [-0.2, -0.15) is 5.10 Å². The molecule has 0 aliphatic carbocycles. The van der Waals surface area contributed by atoms with Crippen molar-refractivity contribution in [2.45, 2.75) is 19.4 Å². The van der Waals surface area contributed by atoms with Gasteiger partial charge in [-0.3, -0.25) is 5.10 Å². The van der Waals surface area contributed by atoms with E-state index >= 15 is 0 Å². The molecule has 1 aliphatic heterocycles. The average molecular weight is 279 g/mol.